The number of amides is 2. The number of aliphatic hydroxyl groups is 1. The van der Waals surface area contributed by atoms with Gasteiger partial charge in [-0.05, 0) is 36.8 Å². The van der Waals surface area contributed by atoms with Crippen molar-refractivity contribution in [3.8, 4) is 0 Å². The van der Waals surface area contributed by atoms with Crippen LogP contribution in [0.1, 0.15) is 18.9 Å². The summed E-state index contributed by atoms with van der Waals surface area (Å²) in [4.78, 5) is 11.9. The zero-order valence-corrected chi connectivity index (χ0v) is 12.3. The van der Waals surface area contributed by atoms with E-state index in [4.69, 9.17) is 5.11 Å². The third-order valence-corrected chi connectivity index (χ3v) is 3.51. The molecule has 0 spiro atoms. The molecule has 0 fully saturated rings. The van der Waals surface area contributed by atoms with Gasteiger partial charge in [0, 0.05) is 24.1 Å². The first kappa shape index (κ1) is 15.9. The molecule has 0 heterocycles. The average Bonchev–Trinajstić information content (AvgIpc) is 2.39. The summed E-state index contributed by atoms with van der Waals surface area (Å²) < 4.78 is 0. The Balaban J connectivity index is 2.53. The molecule has 2 amide bonds. The maximum Gasteiger partial charge on any atom is 0.319 e. The molecule has 0 aromatic heterocycles. The summed E-state index contributed by atoms with van der Waals surface area (Å²) in [6.45, 7) is 2.16. The second-order valence-electron chi connectivity index (χ2n) is 4.32. The molecule has 0 unspecified atom stereocenters. The van der Waals surface area contributed by atoms with Crippen molar-refractivity contribution in [1.29, 1.82) is 0 Å². The molecule has 5 heteroatoms. The number of hydrogen-bond donors (Lipinski definition) is 3. The van der Waals surface area contributed by atoms with Gasteiger partial charge in [-0.25, -0.2) is 4.79 Å². The molecule has 0 saturated carbocycles. The van der Waals surface area contributed by atoms with Gasteiger partial charge in [-0.3, -0.25) is 0 Å². The van der Waals surface area contributed by atoms with Crippen molar-refractivity contribution in [3.63, 3.8) is 0 Å². The van der Waals surface area contributed by atoms with Gasteiger partial charge in [-0.2, -0.15) is 11.8 Å². The number of nitrogens with one attached hydrogen (secondary N) is 2. The van der Waals surface area contributed by atoms with Crippen molar-refractivity contribution in [3.05, 3.63) is 29.8 Å². The first-order valence-corrected chi connectivity index (χ1v) is 7.85. The van der Waals surface area contributed by atoms with Gasteiger partial charge in [-0.15, -0.1) is 0 Å². The number of anilines is 1. The minimum Gasteiger partial charge on any atom is -0.396 e. The molecule has 1 atom stereocenters. The van der Waals surface area contributed by atoms with Crippen molar-refractivity contribution in [2.75, 3.05) is 23.9 Å². The predicted octanol–water partition coefficient (Wildman–Crippen LogP) is 2.48. The lowest BCUT2D eigenvalue weighted by molar-refractivity contribution is 0.241. The molecule has 1 aromatic carbocycles. The van der Waals surface area contributed by atoms with Crippen LogP contribution in [0.25, 0.3) is 0 Å². The van der Waals surface area contributed by atoms with Crippen LogP contribution in [0.2, 0.25) is 0 Å². The SMILES string of the molecule is CCc1cccc(NC(=O)N[C@@H](CCO)CSC)c1. The monoisotopic (exact) mass is 282 g/mol. The highest BCUT2D eigenvalue weighted by atomic mass is 32.2. The highest BCUT2D eigenvalue weighted by molar-refractivity contribution is 7.98. The molecule has 0 saturated heterocycles. The second-order valence-corrected chi connectivity index (χ2v) is 5.23. The summed E-state index contributed by atoms with van der Waals surface area (Å²) in [6, 6.07) is 7.58. The van der Waals surface area contributed by atoms with E-state index in [2.05, 4.69) is 17.6 Å². The number of thioether (sulfide) groups is 1. The van der Waals surface area contributed by atoms with Crippen LogP contribution < -0.4 is 10.6 Å². The topological polar surface area (TPSA) is 61.4 Å². The first-order chi connectivity index (χ1) is 9.19. The Hall–Kier alpha value is -1.20. The Labute approximate surface area is 119 Å². The lowest BCUT2D eigenvalue weighted by Crippen LogP contribution is -2.40. The summed E-state index contributed by atoms with van der Waals surface area (Å²) in [5.74, 6) is 0.795. The Morgan fingerprint density at radius 2 is 2.26 bits per heavy atom. The summed E-state index contributed by atoms with van der Waals surface area (Å²) in [5, 5.41) is 14.7. The maximum absolute atomic E-state index is 11.9. The highest BCUT2D eigenvalue weighted by Crippen LogP contribution is 2.11. The van der Waals surface area contributed by atoms with Crippen LogP contribution in [-0.4, -0.2) is 35.8 Å². The molecule has 19 heavy (non-hydrogen) atoms. The molecule has 0 radical (unpaired) electrons. The number of carbonyl (C=O) groups is 1. The fraction of sp³-hybridized carbons (Fsp3) is 0.500. The molecule has 0 aliphatic carbocycles. The average molecular weight is 282 g/mol. The van der Waals surface area contributed by atoms with Crippen molar-refractivity contribution < 1.29 is 9.90 Å². The molecule has 1 aromatic rings. The minimum absolute atomic E-state index is 0.00522. The standard InChI is InChI=1S/C14H22N2O2S/c1-3-11-5-4-6-12(9-11)15-14(18)16-13(7-8-17)10-19-2/h4-6,9,13,17H,3,7-8,10H2,1-2H3,(H2,15,16,18)/t13-/m0/s1. The second kappa shape index (κ2) is 8.82. The van der Waals surface area contributed by atoms with Crippen molar-refractivity contribution in [1.82, 2.24) is 5.32 Å². The zero-order chi connectivity index (χ0) is 14.1. The number of aliphatic hydroxyl groups excluding tert-OH is 1. The summed E-state index contributed by atoms with van der Waals surface area (Å²) in [7, 11) is 0. The van der Waals surface area contributed by atoms with Crippen LogP contribution in [0.4, 0.5) is 10.5 Å². The molecule has 3 N–H and O–H groups in total. The summed E-state index contributed by atoms with van der Waals surface area (Å²) in [5.41, 5.74) is 1.98. The van der Waals surface area contributed by atoms with Crippen LogP contribution in [0.15, 0.2) is 24.3 Å². The Morgan fingerprint density at radius 1 is 1.47 bits per heavy atom. The van der Waals surface area contributed by atoms with E-state index in [1.807, 2.05) is 30.5 Å². The third-order valence-electron chi connectivity index (χ3n) is 2.77. The normalized spacial score (nSPS) is 11.9. The van der Waals surface area contributed by atoms with Gasteiger partial charge < -0.3 is 15.7 Å². The van der Waals surface area contributed by atoms with Gasteiger partial charge in [0.05, 0.1) is 0 Å². The molecule has 0 aliphatic heterocycles. The number of aryl methyl sites for hydroxylation is 1. The van der Waals surface area contributed by atoms with Gasteiger partial charge in [-0.1, -0.05) is 19.1 Å². The summed E-state index contributed by atoms with van der Waals surface area (Å²) in [6.07, 6.45) is 3.49. The fourth-order valence-corrected chi connectivity index (χ4v) is 2.43. The molecular weight excluding hydrogens is 260 g/mol. The van der Waals surface area contributed by atoms with Crippen molar-refractivity contribution in [2.45, 2.75) is 25.8 Å². The predicted molar refractivity (Wildman–Crippen MR) is 81.8 cm³/mol. The van der Waals surface area contributed by atoms with E-state index < -0.39 is 0 Å². The number of benzene rings is 1. The van der Waals surface area contributed by atoms with Crippen molar-refractivity contribution >= 4 is 23.5 Å². The van der Waals surface area contributed by atoms with Gasteiger partial charge >= 0.3 is 6.03 Å². The minimum atomic E-state index is -0.222. The number of rotatable bonds is 7. The van der Waals surface area contributed by atoms with E-state index >= 15 is 0 Å². The molecule has 0 bridgehead atoms. The fourth-order valence-electron chi connectivity index (χ4n) is 1.78. The Kier molecular flexibility index (Phi) is 7.36. The van der Waals surface area contributed by atoms with Crippen LogP contribution >= 0.6 is 11.8 Å². The van der Waals surface area contributed by atoms with Gasteiger partial charge in [0.2, 0.25) is 0 Å². The quantitative estimate of drug-likeness (QED) is 0.720. The van der Waals surface area contributed by atoms with Crippen LogP contribution in [0, 0.1) is 0 Å². The largest absolute Gasteiger partial charge is 0.396 e. The van der Waals surface area contributed by atoms with E-state index in [-0.39, 0.29) is 18.7 Å². The summed E-state index contributed by atoms with van der Waals surface area (Å²) >= 11 is 1.65. The van der Waals surface area contributed by atoms with Gasteiger partial charge in [0.1, 0.15) is 0 Å². The van der Waals surface area contributed by atoms with E-state index in [9.17, 15) is 4.79 Å². The van der Waals surface area contributed by atoms with Crippen molar-refractivity contribution in [2.24, 2.45) is 0 Å². The number of carbonyl (C=O) groups excluding carboxylic acids is 1. The molecule has 106 valence electrons. The first-order valence-electron chi connectivity index (χ1n) is 6.45. The lowest BCUT2D eigenvalue weighted by atomic mass is 10.1. The van der Waals surface area contributed by atoms with Gasteiger partial charge in [0.25, 0.3) is 0 Å². The smallest absolute Gasteiger partial charge is 0.319 e. The Morgan fingerprint density at radius 3 is 2.89 bits per heavy atom. The molecule has 0 aliphatic rings. The van der Waals surface area contributed by atoms with E-state index in [1.165, 1.54) is 5.56 Å². The van der Waals surface area contributed by atoms with E-state index in [1.54, 1.807) is 11.8 Å². The number of hydrogen-bond acceptors (Lipinski definition) is 3. The maximum atomic E-state index is 11.9. The zero-order valence-electron chi connectivity index (χ0n) is 11.5. The Bertz CT molecular complexity index is 393. The van der Waals surface area contributed by atoms with Gasteiger partial charge in [0.15, 0.2) is 0 Å². The number of urea groups is 1. The van der Waals surface area contributed by atoms with E-state index in [0.29, 0.717) is 6.42 Å². The lowest BCUT2D eigenvalue weighted by Gasteiger charge is -2.17. The van der Waals surface area contributed by atoms with E-state index in [0.717, 1.165) is 17.9 Å². The van der Waals surface area contributed by atoms with Crippen LogP contribution in [0.3, 0.4) is 0 Å². The van der Waals surface area contributed by atoms with Crippen LogP contribution in [-0.2, 0) is 6.42 Å². The molecule has 4 nitrogen and oxygen atoms in total. The van der Waals surface area contributed by atoms with Crippen LogP contribution in [0.5, 0.6) is 0 Å². The molecular formula is C14H22N2O2S. The molecule has 1 rings (SSSR count). The third kappa shape index (κ3) is 5.98. The highest BCUT2D eigenvalue weighted by Gasteiger charge is 2.11.